The fourth-order valence-electron chi connectivity index (χ4n) is 2.35. The molecule has 1 aromatic heterocycles. The fraction of sp³-hybridized carbons (Fsp3) is 0.211. The van der Waals surface area contributed by atoms with Gasteiger partial charge in [0.15, 0.2) is 9.84 Å². The lowest BCUT2D eigenvalue weighted by molar-refractivity contribution is -0.113. The van der Waals surface area contributed by atoms with Crippen LogP contribution >= 0.6 is 11.8 Å². The zero-order valence-electron chi connectivity index (χ0n) is 15.6. The molecule has 0 aliphatic rings. The lowest BCUT2D eigenvalue weighted by Crippen LogP contribution is -2.14. The number of aryl methyl sites for hydroxylation is 1. The summed E-state index contributed by atoms with van der Waals surface area (Å²) in [6.45, 7) is 0. The number of benzene rings is 2. The molecule has 0 radical (unpaired) electrons. The van der Waals surface area contributed by atoms with Crippen LogP contribution in [0.3, 0.4) is 0 Å². The number of nitrogens with one attached hydrogen (secondary N) is 1. The van der Waals surface area contributed by atoms with Gasteiger partial charge in [-0.1, -0.05) is 23.3 Å². The van der Waals surface area contributed by atoms with Crippen molar-refractivity contribution in [3.05, 3.63) is 60.5 Å². The summed E-state index contributed by atoms with van der Waals surface area (Å²) in [6.07, 6.45) is 0.0562. The first-order valence-electron chi connectivity index (χ1n) is 8.63. The van der Waals surface area contributed by atoms with Gasteiger partial charge in [-0.15, -0.1) is 16.9 Å². The molecule has 0 aliphatic carbocycles. The summed E-state index contributed by atoms with van der Waals surface area (Å²) in [5.41, 5.74) is 0. The standard InChI is InChI=1S/C19H19N3O5S2/c1-26-14-7-9-15(10-8-14)28-13-17(23)20-19-22-21-18(27-19)11-12-29(24,25)16-5-3-2-4-6-16/h2-10H,11-13H2,1H3,(H,20,22,23). The van der Waals surface area contributed by atoms with Crippen LogP contribution in [-0.4, -0.2) is 43.1 Å². The highest BCUT2D eigenvalue weighted by Crippen LogP contribution is 2.21. The summed E-state index contributed by atoms with van der Waals surface area (Å²) in [5, 5.41) is 10.0. The van der Waals surface area contributed by atoms with E-state index in [0.717, 1.165) is 10.6 Å². The van der Waals surface area contributed by atoms with Crippen molar-refractivity contribution >= 4 is 33.5 Å². The predicted octanol–water partition coefficient (Wildman–Crippen LogP) is 2.83. The van der Waals surface area contributed by atoms with Crippen LogP contribution in [-0.2, 0) is 21.1 Å². The van der Waals surface area contributed by atoms with Crippen LogP contribution in [0.2, 0.25) is 0 Å². The smallest absolute Gasteiger partial charge is 0.322 e. The molecule has 0 atom stereocenters. The van der Waals surface area contributed by atoms with Crippen molar-refractivity contribution in [2.45, 2.75) is 16.2 Å². The molecule has 152 valence electrons. The Morgan fingerprint density at radius 2 is 1.83 bits per heavy atom. The van der Waals surface area contributed by atoms with Crippen molar-refractivity contribution < 1.29 is 22.4 Å². The molecule has 29 heavy (non-hydrogen) atoms. The summed E-state index contributed by atoms with van der Waals surface area (Å²) in [5.74, 6) is 0.568. The van der Waals surface area contributed by atoms with Gasteiger partial charge in [0.05, 0.1) is 23.5 Å². The minimum atomic E-state index is -3.44. The molecule has 0 spiro atoms. The van der Waals surface area contributed by atoms with Crippen molar-refractivity contribution in [3.63, 3.8) is 0 Å². The van der Waals surface area contributed by atoms with Crippen LogP contribution in [0.5, 0.6) is 5.75 Å². The lowest BCUT2D eigenvalue weighted by atomic mass is 10.3. The SMILES string of the molecule is COc1ccc(SCC(=O)Nc2nnc(CCS(=O)(=O)c3ccccc3)o2)cc1. The van der Waals surface area contributed by atoms with Gasteiger partial charge in [0.2, 0.25) is 11.8 Å². The highest BCUT2D eigenvalue weighted by atomic mass is 32.2. The van der Waals surface area contributed by atoms with E-state index in [2.05, 4.69) is 15.5 Å². The van der Waals surface area contributed by atoms with Crippen LogP contribution in [0.25, 0.3) is 0 Å². The lowest BCUT2D eigenvalue weighted by Gasteiger charge is -2.03. The number of sulfone groups is 1. The maximum absolute atomic E-state index is 12.3. The average molecular weight is 434 g/mol. The molecule has 3 rings (SSSR count). The molecule has 1 amide bonds. The highest BCUT2D eigenvalue weighted by Gasteiger charge is 2.17. The quantitative estimate of drug-likeness (QED) is 0.513. The Labute approximate surface area is 172 Å². The third-order valence-electron chi connectivity index (χ3n) is 3.83. The summed E-state index contributed by atoms with van der Waals surface area (Å²) in [7, 11) is -1.86. The van der Waals surface area contributed by atoms with Gasteiger partial charge < -0.3 is 9.15 Å². The van der Waals surface area contributed by atoms with Gasteiger partial charge in [0, 0.05) is 11.3 Å². The Hall–Kier alpha value is -2.85. The fourth-order valence-corrected chi connectivity index (χ4v) is 4.30. The van der Waals surface area contributed by atoms with E-state index in [4.69, 9.17) is 9.15 Å². The number of methoxy groups -OCH3 is 1. The summed E-state index contributed by atoms with van der Waals surface area (Å²) < 4.78 is 35.0. The molecule has 0 saturated heterocycles. The molecular formula is C19H19N3O5S2. The Bertz CT molecular complexity index is 1050. The van der Waals surface area contributed by atoms with E-state index in [0.29, 0.717) is 0 Å². The molecule has 0 bridgehead atoms. The molecule has 2 aromatic carbocycles. The minimum Gasteiger partial charge on any atom is -0.497 e. The van der Waals surface area contributed by atoms with Gasteiger partial charge in [0.1, 0.15) is 5.75 Å². The molecule has 0 fully saturated rings. The van der Waals surface area contributed by atoms with E-state index in [1.54, 1.807) is 25.3 Å². The Morgan fingerprint density at radius 1 is 1.10 bits per heavy atom. The van der Waals surface area contributed by atoms with Crippen LogP contribution in [0.4, 0.5) is 6.01 Å². The molecule has 3 aromatic rings. The monoisotopic (exact) mass is 433 g/mol. The first-order valence-corrected chi connectivity index (χ1v) is 11.3. The van der Waals surface area contributed by atoms with E-state index >= 15 is 0 Å². The average Bonchev–Trinajstić information content (AvgIpc) is 3.19. The second-order valence-electron chi connectivity index (χ2n) is 5.90. The van der Waals surface area contributed by atoms with E-state index in [1.807, 2.05) is 24.3 Å². The van der Waals surface area contributed by atoms with Gasteiger partial charge in [0.25, 0.3) is 0 Å². The largest absolute Gasteiger partial charge is 0.497 e. The third kappa shape index (κ3) is 6.06. The number of aromatic nitrogens is 2. The van der Waals surface area contributed by atoms with Gasteiger partial charge in [-0.2, -0.15) is 0 Å². The number of carbonyl (C=O) groups is 1. The van der Waals surface area contributed by atoms with Gasteiger partial charge in [-0.05, 0) is 36.4 Å². The molecule has 1 N–H and O–H groups in total. The van der Waals surface area contributed by atoms with Crippen molar-refractivity contribution in [1.82, 2.24) is 10.2 Å². The maximum Gasteiger partial charge on any atom is 0.322 e. The highest BCUT2D eigenvalue weighted by molar-refractivity contribution is 8.00. The third-order valence-corrected chi connectivity index (χ3v) is 6.57. The Morgan fingerprint density at radius 3 is 2.52 bits per heavy atom. The van der Waals surface area contributed by atoms with Crippen LogP contribution in [0, 0.1) is 0 Å². The van der Waals surface area contributed by atoms with E-state index < -0.39 is 9.84 Å². The molecule has 8 nitrogen and oxygen atoms in total. The first-order chi connectivity index (χ1) is 14.0. The van der Waals surface area contributed by atoms with E-state index in [9.17, 15) is 13.2 Å². The molecular weight excluding hydrogens is 414 g/mol. The van der Waals surface area contributed by atoms with Crippen molar-refractivity contribution in [1.29, 1.82) is 0 Å². The minimum absolute atomic E-state index is 0.0562. The van der Waals surface area contributed by atoms with E-state index in [-0.39, 0.29) is 40.6 Å². The number of amides is 1. The number of ether oxygens (including phenoxy) is 1. The number of rotatable bonds is 9. The van der Waals surface area contributed by atoms with Crippen molar-refractivity contribution in [2.24, 2.45) is 0 Å². The second-order valence-corrected chi connectivity index (χ2v) is 9.05. The Balaban J connectivity index is 1.48. The van der Waals surface area contributed by atoms with Gasteiger partial charge >= 0.3 is 6.01 Å². The molecule has 1 heterocycles. The van der Waals surface area contributed by atoms with Gasteiger partial charge in [-0.25, -0.2) is 8.42 Å². The normalized spacial score (nSPS) is 11.2. The number of hydrogen-bond donors (Lipinski definition) is 1. The summed E-state index contributed by atoms with van der Waals surface area (Å²) >= 11 is 1.35. The van der Waals surface area contributed by atoms with Crippen LogP contribution in [0.15, 0.2) is 68.8 Å². The van der Waals surface area contributed by atoms with Crippen molar-refractivity contribution in [2.75, 3.05) is 23.9 Å². The predicted molar refractivity (Wildman–Crippen MR) is 109 cm³/mol. The Kier molecular flexibility index (Phi) is 6.89. The number of nitrogens with zero attached hydrogens (tertiary/aromatic N) is 2. The molecule has 0 unspecified atom stereocenters. The van der Waals surface area contributed by atoms with Crippen LogP contribution < -0.4 is 10.1 Å². The number of hydrogen-bond acceptors (Lipinski definition) is 8. The molecule has 0 saturated carbocycles. The number of carbonyl (C=O) groups excluding carboxylic acids is 1. The molecule has 0 aliphatic heterocycles. The second kappa shape index (κ2) is 9.57. The first kappa shape index (κ1) is 20.9. The number of thioether (sulfide) groups is 1. The zero-order valence-corrected chi connectivity index (χ0v) is 17.2. The van der Waals surface area contributed by atoms with E-state index in [1.165, 1.54) is 23.9 Å². The molecule has 10 heteroatoms. The van der Waals surface area contributed by atoms with Crippen LogP contribution in [0.1, 0.15) is 5.89 Å². The van der Waals surface area contributed by atoms with Gasteiger partial charge in [-0.3, -0.25) is 10.1 Å². The maximum atomic E-state index is 12.3. The van der Waals surface area contributed by atoms with Crippen molar-refractivity contribution in [3.8, 4) is 5.75 Å². The topological polar surface area (TPSA) is 111 Å². The summed E-state index contributed by atoms with van der Waals surface area (Å²) in [4.78, 5) is 13.2. The number of anilines is 1. The summed E-state index contributed by atoms with van der Waals surface area (Å²) in [6, 6.07) is 15.4. The zero-order chi connectivity index (χ0) is 20.7.